The Hall–Kier alpha value is -1.37. The molecule has 1 saturated heterocycles. The fourth-order valence-corrected chi connectivity index (χ4v) is 2.12. The van der Waals surface area contributed by atoms with E-state index in [0.29, 0.717) is 12.4 Å². The van der Waals surface area contributed by atoms with Crippen molar-refractivity contribution in [3.8, 4) is 0 Å². The lowest BCUT2D eigenvalue weighted by Crippen LogP contribution is -2.41. The third-order valence-electron chi connectivity index (χ3n) is 4.28. The summed E-state index contributed by atoms with van der Waals surface area (Å²) in [5, 5.41) is 0. The van der Waals surface area contributed by atoms with E-state index in [0.717, 1.165) is 16.6 Å². The number of aryl methyl sites for hydroxylation is 1. The van der Waals surface area contributed by atoms with Gasteiger partial charge in [-0.25, -0.2) is 4.98 Å². The summed E-state index contributed by atoms with van der Waals surface area (Å²) >= 11 is 0. The monoisotopic (exact) mass is 289 g/mol. The van der Waals surface area contributed by atoms with Crippen LogP contribution in [0.25, 0.3) is 6.08 Å². The highest BCUT2D eigenvalue weighted by Crippen LogP contribution is 2.38. The van der Waals surface area contributed by atoms with E-state index in [1.807, 2.05) is 46.8 Å². The number of nitrogens with zero attached hydrogens (tertiary/aromatic N) is 1. The maximum Gasteiger partial charge on any atom is 0.491 e. The number of nitrogens with two attached hydrogens (primary N) is 2. The quantitative estimate of drug-likeness (QED) is 0.831. The second-order valence-electron chi connectivity index (χ2n) is 6.48. The average Bonchev–Trinajstić information content (AvgIpc) is 2.59. The lowest BCUT2D eigenvalue weighted by atomic mass is 9.77. The molecule has 1 aliphatic heterocycles. The zero-order valence-corrected chi connectivity index (χ0v) is 13.4. The number of nitrogen functional groups attached to an aromatic ring is 1. The van der Waals surface area contributed by atoms with Gasteiger partial charge in [0.05, 0.1) is 11.2 Å². The Bertz CT molecular complexity index is 554. The van der Waals surface area contributed by atoms with E-state index in [9.17, 15) is 0 Å². The van der Waals surface area contributed by atoms with Gasteiger partial charge in [-0.1, -0.05) is 6.08 Å². The van der Waals surface area contributed by atoms with Crippen molar-refractivity contribution in [3.05, 3.63) is 28.9 Å². The van der Waals surface area contributed by atoms with Crippen LogP contribution in [0.2, 0.25) is 0 Å². The molecule has 0 aromatic carbocycles. The first-order chi connectivity index (χ1) is 9.66. The van der Waals surface area contributed by atoms with Crippen molar-refractivity contribution < 1.29 is 9.31 Å². The topological polar surface area (TPSA) is 83.4 Å². The molecule has 1 aromatic heterocycles. The highest BCUT2D eigenvalue weighted by atomic mass is 16.7. The van der Waals surface area contributed by atoms with Crippen molar-refractivity contribution in [2.75, 3.05) is 12.3 Å². The van der Waals surface area contributed by atoms with Gasteiger partial charge in [0.25, 0.3) is 0 Å². The van der Waals surface area contributed by atoms with Gasteiger partial charge >= 0.3 is 7.12 Å². The number of aromatic nitrogens is 1. The molecule has 0 bridgehead atoms. The van der Waals surface area contributed by atoms with Crippen molar-refractivity contribution >= 4 is 19.0 Å². The fraction of sp³-hybridized carbons (Fsp3) is 0.533. The summed E-state index contributed by atoms with van der Waals surface area (Å²) in [6.45, 7) is 10.4. The predicted octanol–water partition coefficient (Wildman–Crippen LogP) is 1.95. The first-order valence-corrected chi connectivity index (χ1v) is 7.14. The Balaban J connectivity index is 2.28. The second kappa shape index (κ2) is 5.44. The maximum atomic E-state index is 6.03. The van der Waals surface area contributed by atoms with Gasteiger partial charge in [-0.15, -0.1) is 0 Å². The van der Waals surface area contributed by atoms with Crippen LogP contribution in [0.15, 0.2) is 17.7 Å². The molecule has 0 unspecified atom stereocenters. The summed E-state index contributed by atoms with van der Waals surface area (Å²) in [6.07, 6.45) is 3.69. The normalized spacial score (nSPS) is 20.9. The van der Waals surface area contributed by atoms with Crippen LogP contribution in [-0.2, 0) is 9.31 Å². The van der Waals surface area contributed by atoms with Gasteiger partial charge in [0.15, 0.2) is 0 Å². The van der Waals surface area contributed by atoms with Crippen LogP contribution >= 0.6 is 0 Å². The van der Waals surface area contributed by atoms with Crippen molar-refractivity contribution in [2.24, 2.45) is 5.73 Å². The largest absolute Gasteiger partial charge is 0.491 e. The third-order valence-corrected chi connectivity index (χ3v) is 4.28. The number of anilines is 1. The minimum atomic E-state index is -0.433. The average molecular weight is 289 g/mol. The van der Waals surface area contributed by atoms with Crippen molar-refractivity contribution in [2.45, 2.75) is 45.8 Å². The van der Waals surface area contributed by atoms with E-state index in [-0.39, 0.29) is 11.2 Å². The molecule has 1 fully saturated rings. The minimum Gasteiger partial charge on any atom is -0.400 e. The molecule has 2 rings (SSSR count). The molecule has 0 saturated carbocycles. The van der Waals surface area contributed by atoms with E-state index in [4.69, 9.17) is 20.8 Å². The summed E-state index contributed by atoms with van der Waals surface area (Å²) in [7, 11) is -0.433. The van der Waals surface area contributed by atoms with Crippen LogP contribution in [0.4, 0.5) is 5.82 Å². The molecule has 1 aromatic rings. The lowest BCUT2D eigenvalue weighted by molar-refractivity contribution is 0.00578. The van der Waals surface area contributed by atoms with E-state index in [1.54, 1.807) is 6.20 Å². The standard InChI is InChI=1S/C15H24BN3O2/c1-10-6-11(9-19-13(10)18)7-12(8-17)16-20-14(2,3)15(4,5)21-16/h6-7,9H,8,17H2,1-5H3,(H2,18,19). The molecular weight excluding hydrogens is 265 g/mol. The Morgan fingerprint density at radius 1 is 1.29 bits per heavy atom. The van der Waals surface area contributed by atoms with Crippen molar-refractivity contribution in [1.82, 2.24) is 4.98 Å². The number of hydrogen-bond donors (Lipinski definition) is 2. The van der Waals surface area contributed by atoms with Gasteiger partial charge in [-0.3, -0.25) is 0 Å². The molecule has 114 valence electrons. The summed E-state index contributed by atoms with van der Waals surface area (Å²) in [5.41, 5.74) is 13.6. The molecule has 2 heterocycles. The lowest BCUT2D eigenvalue weighted by Gasteiger charge is -2.32. The van der Waals surface area contributed by atoms with Gasteiger partial charge in [0.2, 0.25) is 0 Å². The molecule has 0 atom stereocenters. The molecule has 4 N–H and O–H groups in total. The van der Waals surface area contributed by atoms with Gasteiger partial charge < -0.3 is 20.8 Å². The molecule has 0 amide bonds. The summed E-state index contributed by atoms with van der Waals surface area (Å²) in [4.78, 5) is 4.16. The molecule has 1 aliphatic rings. The Morgan fingerprint density at radius 3 is 2.33 bits per heavy atom. The van der Waals surface area contributed by atoms with E-state index < -0.39 is 7.12 Å². The first-order valence-electron chi connectivity index (χ1n) is 7.14. The summed E-state index contributed by atoms with van der Waals surface area (Å²) < 4.78 is 12.1. The summed E-state index contributed by atoms with van der Waals surface area (Å²) in [6, 6.07) is 1.98. The SMILES string of the molecule is Cc1cc(C=C(CN)B2OC(C)(C)C(C)(C)O2)cnc1N. The highest BCUT2D eigenvalue weighted by Gasteiger charge is 2.52. The molecule has 5 nitrogen and oxygen atoms in total. The van der Waals surface area contributed by atoms with Gasteiger partial charge in [-0.2, -0.15) is 0 Å². The van der Waals surface area contributed by atoms with Crippen molar-refractivity contribution in [3.63, 3.8) is 0 Å². The minimum absolute atomic E-state index is 0.361. The maximum absolute atomic E-state index is 6.03. The number of rotatable bonds is 3. The van der Waals surface area contributed by atoms with Crippen LogP contribution in [-0.4, -0.2) is 29.8 Å². The van der Waals surface area contributed by atoms with E-state index >= 15 is 0 Å². The molecule has 6 heteroatoms. The molecular formula is C15H24BN3O2. The Morgan fingerprint density at radius 2 is 1.86 bits per heavy atom. The van der Waals surface area contributed by atoms with Crippen molar-refractivity contribution in [1.29, 1.82) is 0 Å². The van der Waals surface area contributed by atoms with Crippen LogP contribution < -0.4 is 11.5 Å². The van der Waals surface area contributed by atoms with Crippen LogP contribution in [0.5, 0.6) is 0 Å². The highest BCUT2D eigenvalue weighted by molar-refractivity contribution is 6.55. The molecule has 0 spiro atoms. The first kappa shape index (κ1) is 16.0. The van der Waals surface area contributed by atoms with Crippen LogP contribution in [0, 0.1) is 6.92 Å². The fourth-order valence-electron chi connectivity index (χ4n) is 2.12. The van der Waals surface area contributed by atoms with Gasteiger partial charge in [-0.05, 0) is 57.3 Å². The van der Waals surface area contributed by atoms with E-state index in [2.05, 4.69) is 4.98 Å². The smallest absolute Gasteiger partial charge is 0.400 e. The second-order valence-corrected chi connectivity index (χ2v) is 6.48. The Labute approximate surface area is 126 Å². The molecule has 0 aliphatic carbocycles. The summed E-state index contributed by atoms with van der Waals surface area (Å²) in [5.74, 6) is 0.539. The van der Waals surface area contributed by atoms with Crippen LogP contribution in [0.1, 0.15) is 38.8 Å². The predicted molar refractivity (Wildman–Crippen MR) is 86.5 cm³/mol. The third kappa shape index (κ3) is 3.12. The van der Waals surface area contributed by atoms with Crippen LogP contribution in [0.3, 0.4) is 0 Å². The van der Waals surface area contributed by atoms with Gasteiger partial charge in [0, 0.05) is 12.7 Å². The zero-order valence-electron chi connectivity index (χ0n) is 13.4. The number of pyridine rings is 1. The Kier molecular flexibility index (Phi) is 4.15. The van der Waals surface area contributed by atoms with E-state index in [1.165, 1.54) is 0 Å². The number of hydrogen-bond acceptors (Lipinski definition) is 5. The zero-order chi connectivity index (χ0) is 15.8. The molecule has 21 heavy (non-hydrogen) atoms. The molecule has 0 radical (unpaired) electrons. The van der Waals surface area contributed by atoms with Gasteiger partial charge in [0.1, 0.15) is 5.82 Å².